The number of hydrogen-bond donors (Lipinski definition) is 0. The number of sulfone groups is 1. The van der Waals surface area contributed by atoms with E-state index in [1.54, 1.807) is 18.2 Å². The maximum atomic E-state index is 12.2. The smallest absolute Gasteiger partial charge is 0.338 e. The second-order valence-electron chi connectivity index (χ2n) is 5.41. The number of nitro groups is 1. The normalized spacial score (nSPS) is 10.9. The Balaban J connectivity index is 2.20. The van der Waals surface area contributed by atoms with Crippen LogP contribution in [0.4, 0.5) is 5.69 Å². The number of ketones is 1. The molecule has 0 fully saturated rings. The minimum Gasteiger partial charge on any atom is -0.496 e. The third-order valence-electron chi connectivity index (χ3n) is 3.53. The molecule has 0 atom stereocenters. The Labute approximate surface area is 154 Å². The predicted molar refractivity (Wildman–Crippen MR) is 93.8 cm³/mol. The van der Waals surface area contributed by atoms with Crippen LogP contribution in [0.25, 0.3) is 0 Å². The largest absolute Gasteiger partial charge is 0.496 e. The molecule has 27 heavy (non-hydrogen) atoms. The van der Waals surface area contributed by atoms with Crippen molar-refractivity contribution in [2.75, 3.05) is 20.0 Å². The summed E-state index contributed by atoms with van der Waals surface area (Å²) in [6.07, 6.45) is 0.819. The van der Waals surface area contributed by atoms with Gasteiger partial charge in [-0.2, -0.15) is 0 Å². The SMILES string of the molecule is COc1ccccc1C(=O)COC(=O)c1ccc(S(C)(=O)=O)c([N+](=O)[O-])c1. The van der Waals surface area contributed by atoms with Gasteiger partial charge in [-0.15, -0.1) is 0 Å². The van der Waals surface area contributed by atoms with Crippen molar-refractivity contribution in [1.29, 1.82) is 0 Å². The van der Waals surface area contributed by atoms with Gasteiger partial charge >= 0.3 is 5.97 Å². The first-order chi connectivity index (χ1) is 12.6. The lowest BCUT2D eigenvalue weighted by Gasteiger charge is -2.08. The van der Waals surface area contributed by atoms with Gasteiger partial charge in [0.15, 0.2) is 16.4 Å². The molecule has 0 bridgehead atoms. The number of para-hydroxylation sites is 1. The quantitative estimate of drug-likeness (QED) is 0.302. The summed E-state index contributed by atoms with van der Waals surface area (Å²) < 4.78 is 33.1. The van der Waals surface area contributed by atoms with Gasteiger partial charge in [0.1, 0.15) is 10.6 Å². The van der Waals surface area contributed by atoms with Crippen LogP contribution in [-0.4, -0.2) is 45.1 Å². The molecule has 0 saturated carbocycles. The number of methoxy groups -OCH3 is 1. The highest BCUT2D eigenvalue weighted by molar-refractivity contribution is 7.90. The number of rotatable bonds is 7. The minimum atomic E-state index is -3.85. The number of ether oxygens (including phenoxy) is 2. The highest BCUT2D eigenvalue weighted by Crippen LogP contribution is 2.25. The minimum absolute atomic E-state index is 0.214. The van der Waals surface area contributed by atoms with E-state index in [9.17, 15) is 28.1 Å². The van der Waals surface area contributed by atoms with Gasteiger partial charge in [-0.05, 0) is 24.3 Å². The summed E-state index contributed by atoms with van der Waals surface area (Å²) in [6, 6.07) is 9.19. The Kier molecular flexibility index (Phi) is 5.91. The molecular weight excluding hydrogens is 378 g/mol. The topological polar surface area (TPSA) is 130 Å². The van der Waals surface area contributed by atoms with E-state index < -0.39 is 43.7 Å². The zero-order chi connectivity index (χ0) is 20.2. The van der Waals surface area contributed by atoms with Crippen LogP contribution < -0.4 is 4.74 Å². The van der Waals surface area contributed by atoms with Crippen molar-refractivity contribution in [3.63, 3.8) is 0 Å². The predicted octanol–water partition coefficient (Wildman–Crippen LogP) is 2.05. The summed E-state index contributed by atoms with van der Waals surface area (Å²) in [4.78, 5) is 33.9. The van der Waals surface area contributed by atoms with Crippen LogP contribution >= 0.6 is 0 Å². The maximum absolute atomic E-state index is 12.2. The Morgan fingerprint density at radius 1 is 1.15 bits per heavy atom. The number of carbonyl (C=O) groups excluding carboxylic acids is 2. The molecule has 0 radical (unpaired) electrons. The first kappa shape index (κ1) is 20.0. The summed E-state index contributed by atoms with van der Waals surface area (Å²) in [6.45, 7) is -0.610. The number of nitrogens with zero attached hydrogens (tertiary/aromatic N) is 1. The standard InChI is InChI=1S/C17H15NO8S/c1-25-15-6-4-3-5-12(15)14(19)10-26-17(20)11-7-8-16(27(2,23)24)13(9-11)18(21)22/h3-9H,10H2,1-2H3. The van der Waals surface area contributed by atoms with Crippen LogP contribution in [0.5, 0.6) is 5.75 Å². The van der Waals surface area contributed by atoms with Crippen LogP contribution in [-0.2, 0) is 14.6 Å². The number of carbonyl (C=O) groups is 2. The molecule has 142 valence electrons. The van der Waals surface area contributed by atoms with E-state index in [1.165, 1.54) is 13.2 Å². The number of benzene rings is 2. The molecule has 0 unspecified atom stereocenters. The third kappa shape index (κ3) is 4.67. The monoisotopic (exact) mass is 393 g/mol. The van der Waals surface area contributed by atoms with Gasteiger partial charge in [0.05, 0.1) is 23.2 Å². The molecule has 0 aliphatic rings. The van der Waals surface area contributed by atoms with E-state index in [2.05, 4.69) is 0 Å². The first-order valence-electron chi connectivity index (χ1n) is 7.47. The average molecular weight is 393 g/mol. The van der Waals surface area contributed by atoms with Crippen molar-refractivity contribution in [3.8, 4) is 5.75 Å². The van der Waals surface area contributed by atoms with Gasteiger partial charge in [0, 0.05) is 12.3 Å². The zero-order valence-corrected chi connectivity index (χ0v) is 15.2. The molecule has 0 N–H and O–H groups in total. The molecule has 0 aromatic heterocycles. The first-order valence-corrected chi connectivity index (χ1v) is 9.36. The molecular formula is C17H15NO8S. The molecule has 0 aliphatic heterocycles. The van der Waals surface area contributed by atoms with Crippen molar-refractivity contribution in [2.24, 2.45) is 0 Å². The van der Waals surface area contributed by atoms with E-state index in [1.807, 2.05) is 0 Å². The van der Waals surface area contributed by atoms with E-state index >= 15 is 0 Å². The molecule has 0 aliphatic carbocycles. The lowest BCUT2D eigenvalue weighted by Crippen LogP contribution is -2.15. The van der Waals surface area contributed by atoms with Crippen molar-refractivity contribution in [1.82, 2.24) is 0 Å². The fraction of sp³-hybridized carbons (Fsp3) is 0.176. The lowest BCUT2D eigenvalue weighted by molar-refractivity contribution is -0.387. The highest BCUT2D eigenvalue weighted by atomic mass is 32.2. The molecule has 0 saturated heterocycles. The van der Waals surface area contributed by atoms with Crippen molar-refractivity contribution in [2.45, 2.75) is 4.90 Å². The second-order valence-corrected chi connectivity index (χ2v) is 7.40. The van der Waals surface area contributed by atoms with Gasteiger partial charge in [0.25, 0.3) is 5.69 Å². The van der Waals surface area contributed by atoms with Gasteiger partial charge in [0.2, 0.25) is 5.78 Å². The molecule has 0 heterocycles. The van der Waals surface area contributed by atoms with Crippen LogP contribution in [0.15, 0.2) is 47.4 Å². The Hall–Kier alpha value is -3.27. The third-order valence-corrected chi connectivity index (χ3v) is 4.68. The fourth-order valence-electron chi connectivity index (χ4n) is 2.27. The van der Waals surface area contributed by atoms with Crippen LogP contribution in [0.3, 0.4) is 0 Å². The van der Waals surface area contributed by atoms with Gasteiger partial charge in [-0.1, -0.05) is 12.1 Å². The number of esters is 1. The fourth-order valence-corrected chi connectivity index (χ4v) is 3.10. The Morgan fingerprint density at radius 2 is 1.81 bits per heavy atom. The van der Waals surface area contributed by atoms with Crippen molar-refractivity contribution in [3.05, 3.63) is 63.7 Å². The van der Waals surface area contributed by atoms with Gasteiger partial charge in [-0.25, -0.2) is 13.2 Å². The molecule has 2 aromatic carbocycles. The summed E-state index contributed by atoms with van der Waals surface area (Å²) >= 11 is 0. The van der Waals surface area contributed by atoms with E-state index in [0.717, 1.165) is 24.5 Å². The van der Waals surface area contributed by atoms with E-state index in [-0.39, 0.29) is 11.1 Å². The average Bonchev–Trinajstić information content (AvgIpc) is 2.64. The lowest BCUT2D eigenvalue weighted by atomic mass is 10.1. The summed E-state index contributed by atoms with van der Waals surface area (Å²) in [5.41, 5.74) is -0.781. The van der Waals surface area contributed by atoms with Crippen LogP contribution in [0, 0.1) is 10.1 Å². The zero-order valence-electron chi connectivity index (χ0n) is 14.4. The molecule has 0 spiro atoms. The van der Waals surface area contributed by atoms with Crippen LogP contribution in [0.2, 0.25) is 0 Å². The molecule has 0 amide bonds. The summed E-state index contributed by atoms with van der Waals surface area (Å²) in [5.74, 6) is -1.21. The summed E-state index contributed by atoms with van der Waals surface area (Å²) in [7, 11) is -2.46. The Bertz CT molecular complexity index is 1010. The van der Waals surface area contributed by atoms with Gasteiger partial charge < -0.3 is 9.47 Å². The summed E-state index contributed by atoms with van der Waals surface area (Å²) in [5, 5.41) is 11.1. The molecule has 9 nitrogen and oxygen atoms in total. The molecule has 2 rings (SSSR count). The van der Waals surface area contributed by atoms with Crippen LogP contribution in [0.1, 0.15) is 20.7 Å². The van der Waals surface area contributed by atoms with E-state index in [4.69, 9.17) is 9.47 Å². The molecule has 10 heteroatoms. The highest BCUT2D eigenvalue weighted by Gasteiger charge is 2.25. The van der Waals surface area contributed by atoms with Gasteiger partial charge in [-0.3, -0.25) is 14.9 Å². The maximum Gasteiger partial charge on any atom is 0.338 e. The Morgan fingerprint density at radius 3 is 2.41 bits per heavy atom. The van der Waals surface area contributed by atoms with Crippen molar-refractivity contribution >= 4 is 27.3 Å². The second kappa shape index (κ2) is 7.96. The van der Waals surface area contributed by atoms with Crippen molar-refractivity contribution < 1.29 is 32.4 Å². The number of Topliss-reactive ketones (excluding diaryl/α,β-unsaturated/α-hetero) is 1. The number of nitro benzene ring substituents is 1. The van der Waals surface area contributed by atoms with E-state index in [0.29, 0.717) is 5.75 Å². The molecule has 2 aromatic rings. The number of hydrogen-bond acceptors (Lipinski definition) is 8.